The van der Waals surface area contributed by atoms with Crippen molar-refractivity contribution in [3.05, 3.63) is 54.1 Å². The van der Waals surface area contributed by atoms with Crippen molar-refractivity contribution in [3.8, 4) is 0 Å². The average molecular weight is 761 g/mol. The van der Waals surface area contributed by atoms with Crippen molar-refractivity contribution in [2.75, 3.05) is 7.11 Å². The summed E-state index contributed by atoms with van der Waals surface area (Å²) in [5, 5.41) is 13.2. The highest BCUT2D eigenvalue weighted by Gasteiger charge is 2.59. The fourth-order valence-electron chi connectivity index (χ4n) is 10.3. The monoisotopic (exact) mass is 760 g/mol. The minimum atomic E-state index is -1.08. The van der Waals surface area contributed by atoms with Gasteiger partial charge in [-0.3, -0.25) is 14.4 Å². The number of Topliss-reactive ketones (excluding diaryl/α,β-unsaturated/α-hetero) is 1. The molecule has 7 atom stereocenters. The van der Waals surface area contributed by atoms with Crippen molar-refractivity contribution in [2.45, 2.75) is 145 Å². The lowest BCUT2D eigenvalue weighted by Crippen LogP contribution is -2.72. The number of ether oxygens (including phenoxy) is 2. The van der Waals surface area contributed by atoms with Crippen LogP contribution < -0.4 is 21.3 Å². The lowest BCUT2D eigenvalue weighted by atomic mass is 9.49. The van der Waals surface area contributed by atoms with E-state index < -0.39 is 52.7 Å². The van der Waals surface area contributed by atoms with E-state index in [9.17, 15) is 24.0 Å². The zero-order valence-corrected chi connectivity index (χ0v) is 33.2. The van der Waals surface area contributed by atoms with Crippen LogP contribution in [0.1, 0.15) is 109 Å². The van der Waals surface area contributed by atoms with E-state index in [0.29, 0.717) is 30.6 Å². The minimum absolute atomic E-state index is 0.165. The third kappa shape index (κ3) is 10.3. The summed E-state index contributed by atoms with van der Waals surface area (Å²) in [5.74, 6) is -1.27. The molecule has 55 heavy (non-hydrogen) atoms. The maximum Gasteiger partial charge on any atom is 0.408 e. The number of nitrogens with one attached hydrogen (secondary N) is 4. The number of hydrogen-bond donors (Lipinski definition) is 4. The second kappa shape index (κ2) is 16.9. The van der Waals surface area contributed by atoms with E-state index >= 15 is 0 Å². The summed E-state index contributed by atoms with van der Waals surface area (Å²) >= 11 is 0. The number of benzene rings is 1. The number of aryl methyl sites for hydroxylation is 1. The van der Waals surface area contributed by atoms with Crippen molar-refractivity contribution < 1.29 is 33.4 Å². The van der Waals surface area contributed by atoms with Gasteiger partial charge in [0.05, 0.1) is 19.5 Å². The normalized spacial score (nSPS) is 26.3. The molecule has 5 aliphatic rings. The molecular weight excluding hydrogens is 700 g/mol. The zero-order valence-electron chi connectivity index (χ0n) is 33.2. The number of amides is 3. The number of imidazole rings is 1. The van der Waals surface area contributed by atoms with Gasteiger partial charge in [-0.25, -0.2) is 14.6 Å². The number of esters is 1. The molecule has 300 valence electrons. The number of carbonyl (C=O) groups is 5. The number of carbonyl (C=O) groups excluding carboxylic acids is 5. The van der Waals surface area contributed by atoms with Gasteiger partial charge in [0.2, 0.25) is 11.8 Å². The average Bonchev–Trinajstić information content (AvgIpc) is 3.52. The third-order valence-corrected chi connectivity index (χ3v) is 12.2. The molecule has 0 saturated heterocycles. The molecule has 1 heterocycles. The van der Waals surface area contributed by atoms with Crippen LogP contribution in [-0.4, -0.2) is 81.1 Å². The highest BCUT2D eigenvalue weighted by atomic mass is 16.6. The van der Waals surface area contributed by atoms with Crippen molar-refractivity contribution in [1.82, 2.24) is 30.8 Å². The Kier molecular flexibility index (Phi) is 12.4. The third-order valence-electron chi connectivity index (χ3n) is 12.2. The van der Waals surface area contributed by atoms with Gasteiger partial charge < -0.3 is 35.3 Å². The molecular formula is C42H60N6O7. The highest BCUT2D eigenvalue weighted by Crippen LogP contribution is 2.58. The molecule has 1 aromatic carbocycles. The SMILES string of the molecule is COC(=O)C(=O)[C@H](Cc1ccccc1)NC(=O)[C@H](CC1CCCCC1)NC12C[C@@H]3C[C@@H](CC(NC(=O)C(Cc4cncn4C)NC(=O)OC(C)(C)C)(C3)C1)C2. The van der Waals surface area contributed by atoms with Crippen LogP contribution in [0.5, 0.6) is 0 Å². The fraction of sp³-hybridized carbons (Fsp3) is 0.667. The lowest BCUT2D eigenvalue weighted by molar-refractivity contribution is -0.153. The molecule has 5 aliphatic carbocycles. The zero-order chi connectivity index (χ0) is 39.4. The number of rotatable bonds is 15. The maximum atomic E-state index is 14.5. The van der Waals surface area contributed by atoms with Gasteiger partial charge >= 0.3 is 12.1 Å². The largest absolute Gasteiger partial charge is 0.463 e. The number of nitrogens with zero attached hydrogens (tertiary/aromatic N) is 2. The number of methoxy groups -OCH3 is 1. The van der Waals surface area contributed by atoms with E-state index in [2.05, 4.69) is 26.3 Å². The molecule has 3 amide bonds. The van der Waals surface area contributed by atoms with Crippen molar-refractivity contribution in [1.29, 1.82) is 0 Å². The second-order valence-electron chi connectivity index (χ2n) is 18.0. The molecule has 1 aromatic heterocycles. The Labute approximate surface area is 324 Å². The van der Waals surface area contributed by atoms with Crippen LogP contribution >= 0.6 is 0 Å². The smallest absolute Gasteiger partial charge is 0.408 e. The maximum absolute atomic E-state index is 14.5. The molecule has 13 heteroatoms. The van der Waals surface area contributed by atoms with Crippen LogP contribution in [0.15, 0.2) is 42.9 Å². The summed E-state index contributed by atoms with van der Waals surface area (Å²) in [6.07, 6.45) is 14.4. The number of alkyl carbamates (subject to hydrolysis) is 1. The highest BCUT2D eigenvalue weighted by molar-refractivity contribution is 6.36. The molecule has 4 bridgehead atoms. The number of ketones is 1. The number of aromatic nitrogens is 2. The molecule has 0 spiro atoms. The minimum Gasteiger partial charge on any atom is -0.463 e. The molecule has 0 aliphatic heterocycles. The van der Waals surface area contributed by atoms with Gasteiger partial charge in [0.15, 0.2) is 0 Å². The van der Waals surface area contributed by atoms with Crippen LogP contribution in [0.2, 0.25) is 0 Å². The molecule has 4 N–H and O–H groups in total. The van der Waals surface area contributed by atoms with E-state index in [1.165, 1.54) is 13.5 Å². The molecule has 13 nitrogen and oxygen atoms in total. The Morgan fingerprint density at radius 3 is 2.16 bits per heavy atom. The summed E-state index contributed by atoms with van der Waals surface area (Å²) in [6.45, 7) is 5.35. The molecule has 5 fully saturated rings. The first-order chi connectivity index (χ1) is 26.1. The van der Waals surface area contributed by atoms with E-state index in [4.69, 9.17) is 9.47 Å². The van der Waals surface area contributed by atoms with Gasteiger partial charge in [-0.1, -0.05) is 62.4 Å². The van der Waals surface area contributed by atoms with Crippen LogP contribution in [0.3, 0.4) is 0 Å². The van der Waals surface area contributed by atoms with Gasteiger partial charge in [0.1, 0.15) is 17.7 Å². The fourth-order valence-corrected chi connectivity index (χ4v) is 10.3. The van der Waals surface area contributed by atoms with E-state index in [1.54, 1.807) is 33.3 Å². The Balaban J connectivity index is 1.23. The van der Waals surface area contributed by atoms with Crippen LogP contribution in [0.25, 0.3) is 0 Å². The predicted octanol–water partition coefficient (Wildman–Crippen LogP) is 4.46. The summed E-state index contributed by atoms with van der Waals surface area (Å²) in [7, 11) is 3.03. The van der Waals surface area contributed by atoms with Gasteiger partial charge in [-0.2, -0.15) is 0 Å². The van der Waals surface area contributed by atoms with Gasteiger partial charge in [0, 0.05) is 42.9 Å². The molecule has 5 saturated carbocycles. The van der Waals surface area contributed by atoms with Crippen molar-refractivity contribution in [2.24, 2.45) is 24.8 Å². The van der Waals surface area contributed by atoms with Crippen LogP contribution in [-0.2, 0) is 48.5 Å². The lowest BCUT2D eigenvalue weighted by Gasteiger charge is -2.63. The van der Waals surface area contributed by atoms with Gasteiger partial charge in [-0.05, 0) is 89.0 Å². The van der Waals surface area contributed by atoms with E-state index in [0.717, 1.165) is 69.0 Å². The van der Waals surface area contributed by atoms with E-state index in [-0.39, 0.29) is 24.7 Å². The summed E-state index contributed by atoms with van der Waals surface area (Å²) < 4.78 is 12.2. The van der Waals surface area contributed by atoms with Crippen molar-refractivity contribution >= 4 is 29.7 Å². The molecule has 7 rings (SSSR count). The standard InChI is InChI=1S/C42H60N6O7/c1-40(2,3)55-39(53)45-33(19-31-24-43-26-48(31)4)37(51)47-42-22-29-16-30(23-42)21-41(20-29,25-42)46-34(18-28-14-10-7-11-15-28)36(50)44-32(35(49)38(52)54-5)17-27-12-8-6-9-13-27/h6,8-9,12-13,24,26,28-30,32-34,46H,7,10-11,14-23,25H2,1-5H3,(H,44,50)(H,45,53)(H,47,51)/t29-,30+,32-,33?,34-,41?,42?/m0/s1. The van der Waals surface area contributed by atoms with Gasteiger partial charge in [-0.15, -0.1) is 0 Å². The van der Waals surface area contributed by atoms with E-state index in [1.807, 2.05) is 41.9 Å². The Morgan fingerprint density at radius 2 is 1.55 bits per heavy atom. The number of hydrogen-bond acceptors (Lipinski definition) is 9. The molecule has 3 unspecified atom stereocenters. The topological polar surface area (TPSA) is 170 Å². The molecule has 2 aromatic rings. The van der Waals surface area contributed by atoms with Crippen LogP contribution in [0.4, 0.5) is 4.79 Å². The Bertz CT molecular complexity index is 1680. The first-order valence-corrected chi connectivity index (χ1v) is 20.1. The Hall–Kier alpha value is -4.26. The quantitative estimate of drug-likeness (QED) is 0.151. The Morgan fingerprint density at radius 1 is 0.873 bits per heavy atom. The van der Waals surface area contributed by atoms with Gasteiger partial charge in [0.25, 0.3) is 5.78 Å². The summed E-state index contributed by atoms with van der Waals surface area (Å²) in [5.41, 5.74) is -0.0386. The summed E-state index contributed by atoms with van der Waals surface area (Å²) in [4.78, 5) is 71.8. The summed E-state index contributed by atoms with van der Waals surface area (Å²) in [6, 6.07) is 6.78. The van der Waals surface area contributed by atoms with Crippen molar-refractivity contribution in [3.63, 3.8) is 0 Å². The first kappa shape index (κ1) is 40.4. The first-order valence-electron chi connectivity index (χ1n) is 20.1. The second-order valence-corrected chi connectivity index (χ2v) is 18.0. The molecule has 0 radical (unpaired) electrons. The van der Waals surface area contributed by atoms with Crippen LogP contribution in [0, 0.1) is 17.8 Å². The predicted molar refractivity (Wildman–Crippen MR) is 206 cm³/mol.